The van der Waals surface area contributed by atoms with Gasteiger partial charge in [0.15, 0.2) is 11.5 Å². The number of fused-ring (bicyclic) bond motifs is 1. The van der Waals surface area contributed by atoms with Crippen LogP contribution in [0.4, 0.5) is 5.69 Å². The molecule has 1 heterocycles. The zero-order chi connectivity index (χ0) is 21.0. The summed E-state index contributed by atoms with van der Waals surface area (Å²) in [5.74, 6) is 0.855. The van der Waals surface area contributed by atoms with Crippen molar-refractivity contribution in [3.8, 4) is 17.2 Å². The van der Waals surface area contributed by atoms with Gasteiger partial charge in [-0.25, -0.2) is 8.42 Å². The van der Waals surface area contributed by atoms with Crippen LogP contribution in [-0.2, 0) is 19.6 Å². The molecular weight excluding hydrogens is 398 g/mol. The standard InChI is InChI=1S/C20H23NO7S/c1-4-26-20(22)13-21(15-5-7-18-19(12-15)28-10-9-27-18)29(23,24)16-6-8-17(25-3)14(2)11-16/h5-8,11-12H,4,9-10,13H2,1-3H3. The van der Waals surface area contributed by atoms with Gasteiger partial charge in [-0.15, -0.1) is 0 Å². The van der Waals surface area contributed by atoms with Gasteiger partial charge in [-0.3, -0.25) is 9.10 Å². The molecule has 8 nitrogen and oxygen atoms in total. The number of ether oxygens (including phenoxy) is 4. The summed E-state index contributed by atoms with van der Waals surface area (Å²) in [6, 6.07) is 9.26. The summed E-state index contributed by atoms with van der Waals surface area (Å²) in [5.41, 5.74) is 0.933. The molecule has 3 rings (SSSR count). The van der Waals surface area contributed by atoms with Crippen molar-refractivity contribution in [2.24, 2.45) is 0 Å². The summed E-state index contributed by atoms with van der Waals surface area (Å²) in [6.07, 6.45) is 0. The van der Waals surface area contributed by atoms with Crippen LogP contribution in [0.1, 0.15) is 12.5 Å². The Bertz CT molecular complexity index is 1000. The number of anilines is 1. The number of aryl methyl sites for hydroxylation is 1. The van der Waals surface area contributed by atoms with E-state index in [-0.39, 0.29) is 17.2 Å². The number of hydrogen-bond donors (Lipinski definition) is 0. The van der Waals surface area contributed by atoms with Crippen LogP contribution in [-0.4, -0.2) is 47.9 Å². The zero-order valence-electron chi connectivity index (χ0n) is 16.5. The number of carbonyl (C=O) groups is 1. The van der Waals surface area contributed by atoms with Crippen LogP contribution >= 0.6 is 0 Å². The SMILES string of the molecule is CCOC(=O)CN(c1ccc2c(c1)OCCO2)S(=O)(=O)c1ccc(OC)c(C)c1. The molecule has 0 saturated heterocycles. The van der Waals surface area contributed by atoms with Gasteiger partial charge in [0, 0.05) is 6.07 Å². The van der Waals surface area contributed by atoms with E-state index in [4.69, 9.17) is 18.9 Å². The first-order valence-corrected chi connectivity index (χ1v) is 10.5. The Morgan fingerprint density at radius 1 is 1.10 bits per heavy atom. The van der Waals surface area contributed by atoms with Crippen molar-refractivity contribution in [1.29, 1.82) is 0 Å². The maximum atomic E-state index is 13.4. The predicted molar refractivity (Wildman–Crippen MR) is 106 cm³/mol. The average Bonchev–Trinajstić information content (AvgIpc) is 2.71. The number of methoxy groups -OCH3 is 1. The number of benzene rings is 2. The van der Waals surface area contributed by atoms with E-state index in [1.807, 2.05) is 0 Å². The molecule has 0 spiro atoms. The zero-order valence-corrected chi connectivity index (χ0v) is 17.3. The van der Waals surface area contributed by atoms with E-state index >= 15 is 0 Å². The first-order valence-electron chi connectivity index (χ1n) is 9.09. The van der Waals surface area contributed by atoms with E-state index in [2.05, 4.69) is 0 Å². The van der Waals surface area contributed by atoms with Crippen molar-refractivity contribution in [3.05, 3.63) is 42.0 Å². The van der Waals surface area contributed by atoms with E-state index < -0.39 is 22.5 Å². The first kappa shape index (κ1) is 20.8. The minimum Gasteiger partial charge on any atom is -0.496 e. The minimum atomic E-state index is -4.06. The van der Waals surface area contributed by atoms with Gasteiger partial charge >= 0.3 is 5.97 Å². The summed E-state index contributed by atoms with van der Waals surface area (Å²) in [4.78, 5) is 12.2. The number of hydrogen-bond acceptors (Lipinski definition) is 7. The maximum absolute atomic E-state index is 13.4. The number of rotatable bonds is 7. The molecule has 9 heteroatoms. The van der Waals surface area contributed by atoms with Crippen molar-refractivity contribution in [3.63, 3.8) is 0 Å². The highest BCUT2D eigenvalue weighted by atomic mass is 32.2. The molecule has 1 aliphatic rings. The highest BCUT2D eigenvalue weighted by Crippen LogP contribution is 2.36. The number of sulfonamides is 1. The largest absolute Gasteiger partial charge is 0.496 e. The molecule has 2 aromatic rings. The van der Waals surface area contributed by atoms with Crippen molar-refractivity contribution < 1.29 is 32.2 Å². The van der Waals surface area contributed by atoms with Gasteiger partial charge < -0.3 is 18.9 Å². The molecular formula is C20H23NO7S. The van der Waals surface area contributed by atoms with Gasteiger partial charge in [0.2, 0.25) is 0 Å². The van der Waals surface area contributed by atoms with Crippen LogP contribution in [0.25, 0.3) is 0 Å². The summed E-state index contributed by atoms with van der Waals surface area (Å²) in [5, 5.41) is 0. The summed E-state index contributed by atoms with van der Waals surface area (Å²) >= 11 is 0. The number of esters is 1. The molecule has 29 heavy (non-hydrogen) atoms. The predicted octanol–water partition coefficient (Wildman–Crippen LogP) is 2.53. The molecule has 156 valence electrons. The highest BCUT2D eigenvalue weighted by molar-refractivity contribution is 7.92. The third kappa shape index (κ3) is 4.40. The molecule has 0 fully saturated rings. The van der Waals surface area contributed by atoms with E-state index in [0.29, 0.717) is 36.0 Å². The molecule has 0 N–H and O–H groups in total. The van der Waals surface area contributed by atoms with Gasteiger partial charge in [-0.05, 0) is 49.7 Å². The molecule has 0 bridgehead atoms. The van der Waals surface area contributed by atoms with Crippen LogP contribution in [0.2, 0.25) is 0 Å². The topological polar surface area (TPSA) is 91.4 Å². The number of nitrogens with zero attached hydrogens (tertiary/aromatic N) is 1. The van der Waals surface area contributed by atoms with Crippen molar-refractivity contribution >= 4 is 21.7 Å². The molecule has 0 aliphatic carbocycles. The van der Waals surface area contributed by atoms with Crippen LogP contribution in [0.3, 0.4) is 0 Å². The van der Waals surface area contributed by atoms with Crippen molar-refractivity contribution in [2.75, 3.05) is 37.8 Å². The summed E-state index contributed by atoms with van der Waals surface area (Å²) < 4.78 is 49.0. The van der Waals surface area contributed by atoms with Gasteiger partial charge in [0.1, 0.15) is 25.5 Å². The van der Waals surface area contributed by atoms with Crippen LogP contribution in [0, 0.1) is 6.92 Å². The molecule has 0 saturated carbocycles. The molecule has 2 aromatic carbocycles. The normalized spacial score (nSPS) is 12.9. The van der Waals surface area contributed by atoms with Crippen LogP contribution < -0.4 is 18.5 Å². The maximum Gasteiger partial charge on any atom is 0.326 e. The number of carbonyl (C=O) groups excluding carboxylic acids is 1. The molecule has 0 aromatic heterocycles. The second-order valence-corrected chi connectivity index (χ2v) is 8.14. The van der Waals surface area contributed by atoms with E-state index in [1.54, 1.807) is 38.1 Å². The fourth-order valence-electron chi connectivity index (χ4n) is 2.96. The fourth-order valence-corrected chi connectivity index (χ4v) is 4.45. The van der Waals surface area contributed by atoms with E-state index in [9.17, 15) is 13.2 Å². The fraction of sp³-hybridized carbons (Fsp3) is 0.350. The Hall–Kier alpha value is -2.94. The molecule has 1 aliphatic heterocycles. The van der Waals surface area contributed by atoms with Gasteiger partial charge in [0.25, 0.3) is 10.0 Å². The Balaban J connectivity index is 2.05. The summed E-state index contributed by atoms with van der Waals surface area (Å²) in [7, 11) is -2.55. The van der Waals surface area contributed by atoms with Crippen molar-refractivity contribution in [2.45, 2.75) is 18.7 Å². The lowest BCUT2D eigenvalue weighted by Gasteiger charge is -2.26. The molecule has 0 radical (unpaired) electrons. The smallest absolute Gasteiger partial charge is 0.326 e. The van der Waals surface area contributed by atoms with Crippen molar-refractivity contribution in [1.82, 2.24) is 0 Å². The Labute approximate surface area is 170 Å². The lowest BCUT2D eigenvalue weighted by Crippen LogP contribution is -2.36. The quantitative estimate of drug-likeness (QED) is 0.635. The third-order valence-electron chi connectivity index (χ3n) is 4.35. The Kier molecular flexibility index (Phi) is 6.17. The van der Waals surface area contributed by atoms with Gasteiger partial charge in [-0.2, -0.15) is 0 Å². The third-order valence-corrected chi connectivity index (χ3v) is 6.12. The van der Waals surface area contributed by atoms with Crippen LogP contribution in [0.5, 0.6) is 17.2 Å². The average molecular weight is 421 g/mol. The van der Waals surface area contributed by atoms with E-state index in [1.165, 1.54) is 19.2 Å². The monoisotopic (exact) mass is 421 g/mol. The Morgan fingerprint density at radius 3 is 2.48 bits per heavy atom. The van der Waals surface area contributed by atoms with E-state index in [0.717, 1.165) is 4.31 Å². The first-order chi connectivity index (χ1) is 13.9. The molecule has 0 atom stereocenters. The molecule has 0 unspecified atom stereocenters. The van der Waals surface area contributed by atoms with Gasteiger partial charge in [-0.1, -0.05) is 0 Å². The molecule has 0 amide bonds. The van der Waals surface area contributed by atoms with Crippen LogP contribution in [0.15, 0.2) is 41.3 Å². The minimum absolute atomic E-state index is 0.0370. The second-order valence-electron chi connectivity index (χ2n) is 6.28. The lowest BCUT2D eigenvalue weighted by atomic mass is 10.2. The highest BCUT2D eigenvalue weighted by Gasteiger charge is 2.29. The second kappa shape index (κ2) is 8.60. The van der Waals surface area contributed by atoms with Gasteiger partial charge in [0.05, 0.1) is 24.3 Å². The Morgan fingerprint density at radius 2 is 1.83 bits per heavy atom. The lowest BCUT2D eigenvalue weighted by molar-refractivity contribution is -0.141. The summed E-state index contributed by atoms with van der Waals surface area (Å²) in [6.45, 7) is 3.86.